The van der Waals surface area contributed by atoms with Crippen LogP contribution in [0.4, 0.5) is 31.0 Å². The number of hydrogen-bond donors (Lipinski definition) is 3. The van der Waals surface area contributed by atoms with Crippen molar-refractivity contribution in [1.82, 2.24) is 25.5 Å². The summed E-state index contributed by atoms with van der Waals surface area (Å²) in [5, 5.41) is 8.64. The highest BCUT2D eigenvalue weighted by molar-refractivity contribution is 6.02. The third kappa shape index (κ3) is 5.67. The van der Waals surface area contributed by atoms with Crippen molar-refractivity contribution in [2.24, 2.45) is 0 Å². The Hall–Kier alpha value is -4.12. The van der Waals surface area contributed by atoms with Crippen molar-refractivity contribution >= 4 is 29.4 Å². The van der Waals surface area contributed by atoms with Gasteiger partial charge < -0.3 is 20.9 Å². The van der Waals surface area contributed by atoms with Crippen molar-refractivity contribution in [1.29, 1.82) is 0 Å². The fraction of sp³-hybridized carbons (Fsp3) is 0.308. The molecule has 2 aromatic carbocycles. The number of urea groups is 1. The summed E-state index contributed by atoms with van der Waals surface area (Å²) in [4.78, 5) is 37.5. The highest BCUT2D eigenvalue weighted by Gasteiger charge is 2.34. The molecule has 0 aliphatic carbocycles. The lowest BCUT2D eigenvalue weighted by atomic mass is 10.0. The summed E-state index contributed by atoms with van der Waals surface area (Å²) in [6, 6.07) is 9.59. The molecule has 0 bridgehead atoms. The predicted octanol–water partition coefficient (Wildman–Crippen LogP) is 3.90. The van der Waals surface area contributed by atoms with Gasteiger partial charge in [-0.05, 0) is 44.8 Å². The Kier molecular flexibility index (Phi) is 7.92. The number of nitrogens with one attached hydrogen (secondary N) is 3. The van der Waals surface area contributed by atoms with Gasteiger partial charge in [0.15, 0.2) is 5.82 Å². The van der Waals surface area contributed by atoms with E-state index < -0.39 is 23.4 Å². The average molecular weight is 510 g/mol. The van der Waals surface area contributed by atoms with Gasteiger partial charge in [0.05, 0.1) is 12.2 Å². The maximum atomic E-state index is 14.8. The molecule has 0 radical (unpaired) electrons. The molecular weight excluding hydrogens is 480 g/mol. The standard InChI is InChI=1S/C26H29F2N7O2/c1-4-11-29-24(36)17-8-5-7-16(14-17)21-18-15-31-26(37)35(22-19(27)9-6-10-20(22)28)23(18)33-25(32-21)30-12-13-34(2)3/h5-10,14H,4,11-13,15H2,1-3H3,(H,29,36)(H,31,37)(H,30,32,33). The largest absolute Gasteiger partial charge is 0.353 e. The Morgan fingerprint density at radius 1 is 1.11 bits per heavy atom. The minimum absolute atomic E-state index is 0.0420. The molecule has 3 N–H and O–H groups in total. The van der Waals surface area contributed by atoms with Gasteiger partial charge in [0.2, 0.25) is 5.95 Å². The Balaban J connectivity index is 1.86. The van der Waals surface area contributed by atoms with Crippen LogP contribution in [0.2, 0.25) is 0 Å². The summed E-state index contributed by atoms with van der Waals surface area (Å²) in [5.41, 5.74) is 1.41. The van der Waals surface area contributed by atoms with Crippen LogP contribution >= 0.6 is 0 Å². The zero-order valence-corrected chi connectivity index (χ0v) is 20.9. The molecule has 1 aromatic heterocycles. The van der Waals surface area contributed by atoms with E-state index in [2.05, 4.69) is 25.9 Å². The van der Waals surface area contributed by atoms with Crippen LogP contribution in [-0.4, -0.2) is 60.5 Å². The lowest BCUT2D eigenvalue weighted by Crippen LogP contribution is -2.43. The van der Waals surface area contributed by atoms with Crippen LogP contribution in [0.1, 0.15) is 29.3 Å². The molecule has 37 heavy (non-hydrogen) atoms. The van der Waals surface area contributed by atoms with E-state index in [4.69, 9.17) is 0 Å². The fourth-order valence-corrected chi connectivity index (χ4v) is 3.93. The number of para-hydroxylation sites is 1. The Morgan fingerprint density at radius 3 is 2.54 bits per heavy atom. The van der Waals surface area contributed by atoms with Crippen molar-refractivity contribution in [3.05, 3.63) is 65.2 Å². The van der Waals surface area contributed by atoms with E-state index in [9.17, 15) is 18.4 Å². The first-order valence-electron chi connectivity index (χ1n) is 12.0. The number of benzene rings is 2. The van der Waals surface area contributed by atoms with Crippen molar-refractivity contribution in [3.63, 3.8) is 0 Å². The van der Waals surface area contributed by atoms with E-state index in [0.29, 0.717) is 42.0 Å². The molecule has 9 nitrogen and oxygen atoms in total. The second-order valence-corrected chi connectivity index (χ2v) is 8.83. The van der Waals surface area contributed by atoms with Crippen LogP contribution in [0.5, 0.6) is 0 Å². The van der Waals surface area contributed by atoms with Gasteiger partial charge >= 0.3 is 6.03 Å². The summed E-state index contributed by atoms with van der Waals surface area (Å²) >= 11 is 0. The monoisotopic (exact) mass is 509 g/mol. The van der Waals surface area contributed by atoms with Gasteiger partial charge in [0.1, 0.15) is 17.3 Å². The minimum atomic E-state index is -0.903. The maximum Gasteiger partial charge on any atom is 0.328 e. The van der Waals surface area contributed by atoms with Crippen LogP contribution < -0.4 is 20.9 Å². The number of likely N-dealkylation sites (N-methyl/N-ethyl adjacent to an activating group) is 1. The number of rotatable bonds is 9. The normalized spacial score (nSPS) is 12.8. The first-order valence-corrected chi connectivity index (χ1v) is 12.0. The topological polar surface area (TPSA) is 102 Å². The third-order valence-corrected chi connectivity index (χ3v) is 5.75. The molecule has 0 unspecified atom stereocenters. The van der Waals surface area contributed by atoms with Gasteiger partial charge in [0, 0.05) is 36.3 Å². The zero-order valence-electron chi connectivity index (χ0n) is 20.9. The second-order valence-electron chi connectivity index (χ2n) is 8.83. The number of carbonyl (C=O) groups excluding carboxylic acids is 2. The third-order valence-electron chi connectivity index (χ3n) is 5.75. The molecule has 1 aliphatic heterocycles. The number of nitrogens with zero attached hydrogens (tertiary/aromatic N) is 4. The number of amides is 3. The highest BCUT2D eigenvalue weighted by atomic mass is 19.1. The number of fused-ring (bicyclic) bond motifs is 1. The van der Waals surface area contributed by atoms with Gasteiger partial charge in [-0.25, -0.2) is 23.5 Å². The average Bonchev–Trinajstić information content (AvgIpc) is 2.87. The van der Waals surface area contributed by atoms with Crippen LogP contribution in [0.15, 0.2) is 42.5 Å². The lowest BCUT2D eigenvalue weighted by molar-refractivity contribution is 0.0953. The molecule has 11 heteroatoms. The number of halogens is 2. The Labute approximate surface area is 213 Å². The first-order chi connectivity index (χ1) is 17.8. The van der Waals surface area contributed by atoms with Crippen molar-refractivity contribution < 1.29 is 18.4 Å². The first kappa shape index (κ1) is 26.0. The summed E-state index contributed by atoms with van der Waals surface area (Å²) in [6.45, 7) is 3.72. The number of carbonyl (C=O) groups is 2. The van der Waals surface area contributed by atoms with Crippen LogP contribution in [0.25, 0.3) is 11.3 Å². The van der Waals surface area contributed by atoms with E-state index >= 15 is 0 Å². The van der Waals surface area contributed by atoms with Gasteiger partial charge in [-0.3, -0.25) is 4.79 Å². The molecule has 3 amide bonds. The highest BCUT2D eigenvalue weighted by Crippen LogP contribution is 2.38. The van der Waals surface area contributed by atoms with E-state index in [1.807, 2.05) is 25.9 Å². The van der Waals surface area contributed by atoms with Crippen molar-refractivity contribution in [2.75, 3.05) is 43.9 Å². The Morgan fingerprint density at radius 2 is 1.84 bits per heavy atom. The number of hydrogen-bond acceptors (Lipinski definition) is 6. The van der Waals surface area contributed by atoms with Gasteiger partial charge in [-0.1, -0.05) is 25.1 Å². The Bertz CT molecular complexity index is 1300. The summed E-state index contributed by atoms with van der Waals surface area (Å²) in [5.74, 6) is -1.78. The SMILES string of the molecule is CCCNC(=O)c1cccc(-c2nc(NCCN(C)C)nc3c2CNC(=O)N3c2c(F)cccc2F)c1. The molecule has 3 aromatic rings. The molecular formula is C26H29F2N7O2. The number of aromatic nitrogens is 2. The van der Waals surface area contributed by atoms with E-state index in [1.54, 1.807) is 24.3 Å². The molecule has 194 valence electrons. The van der Waals surface area contributed by atoms with E-state index in [0.717, 1.165) is 23.5 Å². The number of anilines is 3. The summed E-state index contributed by atoms with van der Waals surface area (Å²) in [6.07, 6.45) is 0.801. The summed E-state index contributed by atoms with van der Waals surface area (Å²) < 4.78 is 29.6. The van der Waals surface area contributed by atoms with E-state index in [1.165, 1.54) is 6.07 Å². The quantitative estimate of drug-likeness (QED) is 0.405. The fourth-order valence-electron chi connectivity index (χ4n) is 3.93. The molecule has 0 atom stereocenters. The molecule has 0 fully saturated rings. The predicted molar refractivity (Wildman–Crippen MR) is 138 cm³/mol. The van der Waals surface area contributed by atoms with Crippen molar-refractivity contribution in [2.45, 2.75) is 19.9 Å². The van der Waals surface area contributed by atoms with Gasteiger partial charge in [-0.2, -0.15) is 4.98 Å². The molecule has 0 saturated heterocycles. The molecule has 1 aliphatic rings. The zero-order chi connectivity index (χ0) is 26.5. The molecule has 2 heterocycles. The van der Waals surface area contributed by atoms with Crippen LogP contribution in [0, 0.1) is 11.6 Å². The molecule has 0 spiro atoms. The van der Waals surface area contributed by atoms with Gasteiger partial charge in [-0.15, -0.1) is 0 Å². The van der Waals surface area contributed by atoms with Crippen LogP contribution in [-0.2, 0) is 6.54 Å². The maximum absolute atomic E-state index is 14.8. The van der Waals surface area contributed by atoms with Crippen LogP contribution in [0.3, 0.4) is 0 Å². The minimum Gasteiger partial charge on any atom is -0.353 e. The molecule has 4 rings (SSSR count). The second kappa shape index (κ2) is 11.3. The van der Waals surface area contributed by atoms with Gasteiger partial charge in [0.25, 0.3) is 5.91 Å². The lowest BCUT2D eigenvalue weighted by Gasteiger charge is -2.30. The molecule has 0 saturated carbocycles. The smallest absolute Gasteiger partial charge is 0.328 e. The summed E-state index contributed by atoms with van der Waals surface area (Å²) in [7, 11) is 3.84. The van der Waals surface area contributed by atoms with E-state index in [-0.39, 0.29) is 24.2 Å². The van der Waals surface area contributed by atoms with Crippen molar-refractivity contribution in [3.8, 4) is 11.3 Å².